The van der Waals surface area contributed by atoms with E-state index in [2.05, 4.69) is 10.5 Å². The zero-order valence-electron chi connectivity index (χ0n) is 9.61. The molecule has 0 saturated carbocycles. The molecule has 1 aromatic rings. The molecule has 1 heterocycles. The summed E-state index contributed by atoms with van der Waals surface area (Å²) in [7, 11) is 0. The van der Waals surface area contributed by atoms with Crippen molar-refractivity contribution in [2.45, 2.75) is 33.7 Å². The molecule has 1 rings (SSSR count). The Morgan fingerprint density at radius 2 is 2.13 bits per heavy atom. The molecule has 1 amide bonds. The van der Waals surface area contributed by atoms with E-state index < -0.39 is 0 Å². The summed E-state index contributed by atoms with van der Waals surface area (Å²) < 4.78 is 1.72. The van der Waals surface area contributed by atoms with E-state index in [-0.39, 0.29) is 17.9 Å². The van der Waals surface area contributed by atoms with E-state index in [1.54, 1.807) is 4.68 Å². The molecule has 0 radical (unpaired) electrons. The highest BCUT2D eigenvalue weighted by Crippen LogP contribution is 2.19. The van der Waals surface area contributed by atoms with Gasteiger partial charge in [0.2, 0.25) is 0 Å². The summed E-state index contributed by atoms with van der Waals surface area (Å²) >= 11 is 0. The molecule has 0 aromatic carbocycles. The lowest BCUT2D eigenvalue weighted by Crippen LogP contribution is -2.40. The second-order valence-electron chi connectivity index (χ2n) is 4.07. The van der Waals surface area contributed by atoms with Crippen molar-refractivity contribution in [3.63, 3.8) is 0 Å². The van der Waals surface area contributed by atoms with Crippen LogP contribution < -0.4 is 11.3 Å². The summed E-state index contributed by atoms with van der Waals surface area (Å²) in [6.45, 7) is 7.77. The molecule has 0 bridgehead atoms. The van der Waals surface area contributed by atoms with Gasteiger partial charge in [0, 0.05) is 5.69 Å². The molecular weight excluding hydrogens is 192 g/mol. The van der Waals surface area contributed by atoms with Crippen molar-refractivity contribution in [2.75, 3.05) is 0 Å². The van der Waals surface area contributed by atoms with Gasteiger partial charge in [-0.15, -0.1) is 0 Å². The maximum atomic E-state index is 11.6. The number of carbonyl (C=O) groups is 1. The number of carbonyl (C=O) groups excluding carboxylic acids is 1. The van der Waals surface area contributed by atoms with Crippen LogP contribution in [0.25, 0.3) is 0 Å². The van der Waals surface area contributed by atoms with Gasteiger partial charge in [-0.1, -0.05) is 13.8 Å². The molecular formula is C10H18N4O. The van der Waals surface area contributed by atoms with E-state index in [1.807, 2.05) is 33.8 Å². The number of amides is 1. The molecule has 0 saturated heterocycles. The van der Waals surface area contributed by atoms with Gasteiger partial charge in [-0.25, -0.2) is 5.84 Å². The standard InChI is InChI=1S/C10H18N4O/c1-6(2)9(10(15)12-11)14-8(4)5-7(3)13-14/h5-6,9H,11H2,1-4H3,(H,12,15). The first-order chi connectivity index (χ1) is 6.97. The SMILES string of the molecule is Cc1cc(C)n(C(C(=O)NN)C(C)C)n1. The Morgan fingerprint density at radius 3 is 2.47 bits per heavy atom. The second-order valence-corrected chi connectivity index (χ2v) is 4.07. The van der Waals surface area contributed by atoms with Gasteiger partial charge in [-0.2, -0.15) is 5.10 Å². The van der Waals surface area contributed by atoms with E-state index in [0.717, 1.165) is 11.4 Å². The zero-order chi connectivity index (χ0) is 11.6. The molecule has 1 aromatic heterocycles. The Bertz CT molecular complexity index is 356. The number of hydrogen-bond acceptors (Lipinski definition) is 3. The fraction of sp³-hybridized carbons (Fsp3) is 0.600. The Morgan fingerprint density at radius 1 is 1.53 bits per heavy atom. The van der Waals surface area contributed by atoms with Crippen molar-refractivity contribution in [2.24, 2.45) is 11.8 Å². The van der Waals surface area contributed by atoms with Gasteiger partial charge in [0.15, 0.2) is 0 Å². The Kier molecular flexibility index (Phi) is 3.47. The number of hydrazine groups is 1. The summed E-state index contributed by atoms with van der Waals surface area (Å²) in [6.07, 6.45) is 0. The van der Waals surface area contributed by atoms with E-state index in [4.69, 9.17) is 5.84 Å². The first-order valence-corrected chi connectivity index (χ1v) is 5.00. The minimum Gasteiger partial charge on any atom is -0.292 e. The highest BCUT2D eigenvalue weighted by Gasteiger charge is 2.25. The van der Waals surface area contributed by atoms with E-state index in [9.17, 15) is 4.79 Å². The molecule has 3 N–H and O–H groups in total. The minimum atomic E-state index is -0.344. The fourth-order valence-electron chi connectivity index (χ4n) is 1.71. The van der Waals surface area contributed by atoms with Gasteiger partial charge in [0.1, 0.15) is 6.04 Å². The van der Waals surface area contributed by atoms with Gasteiger partial charge in [0.05, 0.1) is 5.69 Å². The second kappa shape index (κ2) is 4.44. The molecule has 1 atom stereocenters. The van der Waals surface area contributed by atoms with Crippen molar-refractivity contribution in [1.82, 2.24) is 15.2 Å². The molecule has 5 heteroatoms. The van der Waals surface area contributed by atoms with Crippen molar-refractivity contribution >= 4 is 5.91 Å². The third kappa shape index (κ3) is 2.36. The number of hydrogen-bond donors (Lipinski definition) is 2. The van der Waals surface area contributed by atoms with Crippen molar-refractivity contribution in [1.29, 1.82) is 0 Å². The van der Waals surface area contributed by atoms with Crippen LogP contribution in [-0.2, 0) is 4.79 Å². The summed E-state index contributed by atoms with van der Waals surface area (Å²) in [5.41, 5.74) is 4.05. The van der Waals surface area contributed by atoms with Crippen LogP contribution in [0.3, 0.4) is 0 Å². The molecule has 0 aliphatic rings. The molecule has 0 spiro atoms. The molecule has 0 fully saturated rings. The summed E-state index contributed by atoms with van der Waals surface area (Å²) in [5.74, 6) is 5.10. The fourth-order valence-corrected chi connectivity index (χ4v) is 1.71. The average Bonchev–Trinajstić information content (AvgIpc) is 2.45. The predicted molar refractivity (Wildman–Crippen MR) is 57.9 cm³/mol. The largest absolute Gasteiger partial charge is 0.292 e. The predicted octanol–water partition coefficient (Wildman–Crippen LogP) is 0.687. The number of aryl methyl sites for hydroxylation is 2. The smallest absolute Gasteiger partial charge is 0.259 e. The lowest BCUT2D eigenvalue weighted by atomic mass is 10.0. The molecule has 1 unspecified atom stereocenters. The van der Waals surface area contributed by atoms with Crippen LogP contribution in [0.4, 0.5) is 0 Å². The highest BCUT2D eigenvalue weighted by molar-refractivity contribution is 5.79. The van der Waals surface area contributed by atoms with E-state index in [1.165, 1.54) is 0 Å². The highest BCUT2D eigenvalue weighted by atomic mass is 16.2. The maximum absolute atomic E-state index is 11.6. The Labute approximate surface area is 89.6 Å². The third-order valence-corrected chi connectivity index (χ3v) is 2.35. The van der Waals surface area contributed by atoms with Gasteiger partial charge in [0.25, 0.3) is 5.91 Å². The van der Waals surface area contributed by atoms with Crippen LogP contribution in [-0.4, -0.2) is 15.7 Å². The number of nitrogens with zero attached hydrogens (tertiary/aromatic N) is 2. The van der Waals surface area contributed by atoms with Crippen LogP contribution in [0.2, 0.25) is 0 Å². The summed E-state index contributed by atoms with van der Waals surface area (Å²) in [4.78, 5) is 11.6. The van der Waals surface area contributed by atoms with Crippen molar-refractivity contribution in [3.05, 3.63) is 17.5 Å². The maximum Gasteiger partial charge on any atom is 0.259 e. The summed E-state index contributed by atoms with van der Waals surface area (Å²) in [5, 5.41) is 4.30. The molecule has 0 aliphatic heterocycles. The van der Waals surface area contributed by atoms with Crippen molar-refractivity contribution < 1.29 is 4.79 Å². The first-order valence-electron chi connectivity index (χ1n) is 5.00. The lowest BCUT2D eigenvalue weighted by molar-refractivity contribution is -0.126. The minimum absolute atomic E-state index is 0.145. The van der Waals surface area contributed by atoms with Crippen LogP contribution in [0.5, 0.6) is 0 Å². The van der Waals surface area contributed by atoms with Gasteiger partial charge < -0.3 is 0 Å². The zero-order valence-corrected chi connectivity index (χ0v) is 9.61. The molecule has 0 aliphatic carbocycles. The van der Waals surface area contributed by atoms with Gasteiger partial charge in [-0.3, -0.25) is 14.9 Å². The van der Waals surface area contributed by atoms with Crippen LogP contribution in [0.15, 0.2) is 6.07 Å². The lowest BCUT2D eigenvalue weighted by Gasteiger charge is -2.20. The number of rotatable bonds is 3. The van der Waals surface area contributed by atoms with Gasteiger partial charge >= 0.3 is 0 Å². The van der Waals surface area contributed by atoms with Crippen molar-refractivity contribution in [3.8, 4) is 0 Å². The van der Waals surface area contributed by atoms with Gasteiger partial charge in [-0.05, 0) is 25.8 Å². The quantitative estimate of drug-likeness (QED) is 0.438. The molecule has 5 nitrogen and oxygen atoms in total. The van der Waals surface area contributed by atoms with E-state index >= 15 is 0 Å². The molecule has 15 heavy (non-hydrogen) atoms. The average molecular weight is 210 g/mol. The Hall–Kier alpha value is -1.36. The first kappa shape index (κ1) is 11.7. The number of nitrogens with one attached hydrogen (secondary N) is 1. The Balaban J connectivity index is 3.09. The van der Waals surface area contributed by atoms with E-state index in [0.29, 0.717) is 0 Å². The topological polar surface area (TPSA) is 72.9 Å². The van der Waals surface area contributed by atoms with Crippen LogP contribution in [0, 0.1) is 19.8 Å². The van der Waals surface area contributed by atoms with Crippen LogP contribution >= 0.6 is 0 Å². The summed E-state index contributed by atoms with van der Waals surface area (Å²) in [6, 6.07) is 1.60. The number of aromatic nitrogens is 2. The third-order valence-electron chi connectivity index (χ3n) is 2.35. The number of nitrogens with two attached hydrogens (primary N) is 1. The monoisotopic (exact) mass is 210 g/mol. The van der Waals surface area contributed by atoms with Crippen LogP contribution in [0.1, 0.15) is 31.3 Å². The molecule has 84 valence electrons. The normalized spacial score (nSPS) is 12.9.